The maximum atomic E-state index is 12.6. The Labute approximate surface area is 180 Å². The molecule has 0 aliphatic carbocycles. The molecular weight excluding hydrogens is 410 g/mol. The van der Waals surface area contributed by atoms with Crippen LogP contribution in [-0.2, 0) is 25.5 Å². The minimum absolute atomic E-state index is 0.0153. The highest BCUT2D eigenvalue weighted by Gasteiger charge is 2.31. The Balaban J connectivity index is 0.000000720. The molecule has 0 unspecified atom stereocenters. The van der Waals surface area contributed by atoms with Gasteiger partial charge in [0.1, 0.15) is 0 Å². The van der Waals surface area contributed by atoms with Gasteiger partial charge in [-0.2, -0.15) is 5.21 Å². The van der Waals surface area contributed by atoms with E-state index in [-0.39, 0.29) is 30.8 Å². The molecule has 2 aliphatic rings. The molecule has 0 bridgehead atoms. The summed E-state index contributed by atoms with van der Waals surface area (Å²) in [5.74, 6) is 0.834. The number of nitrogens with zero attached hydrogens (tertiary/aromatic N) is 4. The molecular formula is C18H33N7O6. The van der Waals surface area contributed by atoms with Gasteiger partial charge in [-0.25, -0.2) is 0 Å². The number of aryl methyl sites for hydroxylation is 1. The average molecular weight is 444 g/mol. The van der Waals surface area contributed by atoms with Crippen molar-refractivity contribution in [2.75, 3.05) is 32.8 Å². The summed E-state index contributed by atoms with van der Waals surface area (Å²) >= 11 is 0. The van der Waals surface area contributed by atoms with Gasteiger partial charge in [0.15, 0.2) is 5.82 Å². The number of likely N-dealkylation sites (tertiary alicyclic amines) is 1. The first-order chi connectivity index (χ1) is 15.0. The third-order valence-electron chi connectivity index (χ3n) is 5.15. The molecule has 1 amide bonds. The van der Waals surface area contributed by atoms with Crippen LogP contribution >= 0.6 is 0 Å². The van der Waals surface area contributed by atoms with E-state index in [1.165, 1.54) is 0 Å². The van der Waals surface area contributed by atoms with E-state index in [9.17, 15) is 4.79 Å². The van der Waals surface area contributed by atoms with Crippen LogP contribution in [0.1, 0.15) is 37.9 Å². The average Bonchev–Trinajstić information content (AvgIpc) is 3.20. The normalized spacial score (nSPS) is 22.0. The molecule has 0 radical (unpaired) electrons. The van der Waals surface area contributed by atoms with Crippen LogP contribution in [0.3, 0.4) is 0 Å². The van der Waals surface area contributed by atoms with E-state index in [2.05, 4.69) is 30.8 Å². The van der Waals surface area contributed by atoms with E-state index in [0.717, 1.165) is 58.4 Å². The van der Waals surface area contributed by atoms with Crippen LogP contribution < -0.4 is 11.1 Å². The highest BCUT2D eigenvalue weighted by molar-refractivity contribution is 5.78. The predicted octanol–water partition coefficient (Wildman–Crippen LogP) is -1.13. The number of ether oxygens (including phenoxy) is 1. The van der Waals surface area contributed by atoms with Crippen molar-refractivity contribution in [3.8, 4) is 0 Å². The predicted molar refractivity (Wildman–Crippen MR) is 109 cm³/mol. The van der Waals surface area contributed by atoms with Crippen molar-refractivity contribution in [1.29, 1.82) is 0 Å². The molecule has 2 saturated heterocycles. The molecule has 1 aromatic heterocycles. The highest BCUT2D eigenvalue weighted by atomic mass is 16.5. The Bertz CT molecular complexity index is 607. The standard InChI is InChI=1S/C16H29N7O2.2CH2O2/c17-13-4-3-12(10-23(11-13)14-5-8-25-9-6-14)16(24)18-7-1-2-15-19-21-22-20-15;2*2-1-3/h12-14H,1-11,17H2,(H,18,24)(H,19,20,21,22);2*1H,(H,2,3)/t12-,13+;;/m1../s1. The quantitative estimate of drug-likeness (QED) is 0.263. The van der Waals surface area contributed by atoms with Gasteiger partial charge < -0.3 is 26.0 Å². The number of nitrogens with one attached hydrogen (secondary N) is 2. The molecule has 3 rings (SSSR count). The smallest absolute Gasteiger partial charge is 0.290 e. The third kappa shape index (κ3) is 10.8. The van der Waals surface area contributed by atoms with Crippen LogP contribution in [0.25, 0.3) is 0 Å². The zero-order valence-corrected chi connectivity index (χ0v) is 17.6. The van der Waals surface area contributed by atoms with Gasteiger partial charge in [-0.15, -0.1) is 10.2 Å². The van der Waals surface area contributed by atoms with Crippen molar-refractivity contribution >= 4 is 18.9 Å². The number of carbonyl (C=O) groups is 3. The van der Waals surface area contributed by atoms with Crippen LogP contribution in [0.5, 0.6) is 0 Å². The number of hydrogen-bond acceptors (Lipinski definition) is 9. The lowest BCUT2D eigenvalue weighted by Crippen LogP contribution is -2.47. The first kappa shape index (κ1) is 26.4. The molecule has 13 heteroatoms. The summed E-state index contributed by atoms with van der Waals surface area (Å²) < 4.78 is 5.46. The molecule has 0 aromatic carbocycles. The van der Waals surface area contributed by atoms with Gasteiger partial charge in [0.2, 0.25) is 5.91 Å². The van der Waals surface area contributed by atoms with Crippen LogP contribution in [0.2, 0.25) is 0 Å². The van der Waals surface area contributed by atoms with E-state index in [4.69, 9.17) is 30.3 Å². The van der Waals surface area contributed by atoms with Gasteiger partial charge >= 0.3 is 0 Å². The maximum absolute atomic E-state index is 12.6. The highest BCUT2D eigenvalue weighted by Crippen LogP contribution is 2.22. The topological polar surface area (TPSA) is 197 Å². The molecule has 0 saturated carbocycles. The number of aromatic nitrogens is 4. The molecule has 2 aliphatic heterocycles. The Morgan fingerprint density at radius 3 is 2.48 bits per heavy atom. The summed E-state index contributed by atoms with van der Waals surface area (Å²) in [6, 6.07) is 0.644. The summed E-state index contributed by atoms with van der Waals surface area (Å²) in [6.45, 7) is 3.43. The number of tetrazole rings is 1. The summed E-state index contributed by atoms with van der Waals surface area (Å²) in [4.78, 5) is 31.7. The lowest BCUT2D eigenvalue weighted by atomic mass is 10.0. The second-order valence-electron chi connectivity index (χ2n) is 7.27. The molecule has 2 fully saturated rings. The van der Waals surface area contributed by atoms with Crippen LogP contribution in [0.4, 0.5) is 0 Å². The largest absolute Gasteiger partial charge is 0.483 e. The van der Waals surface area contributed by atoms with Crippen molar-refractivity contribution in [2.45, 2.75) is 50.6 Å². The Morgan fingerprint density at radius 2 is 1.87 bits per heavy atom. The number of nitrogens with two attached hydrogens (primary N) is 1. The molecule has 3 heterocycles. The number of rotatable bonds is 6. The minimum Gasteiger partial charge on any atom is -0.483 e. The summed E-state index contributed by atoms with van der Waals surface area (Å²) in [5.41, 5.74) is 6.24. The van der Waals surface area contributed by atoms with Gasteiger partial charge in [0.05, 0.1) is 5.92 Å². The zero-order valence-electron chi connectivity index (χ0n) is 17.6. The minimum atomic E-state index is -0.250. The van der Waals surface area contributed by atoms with Crippen molar-refractivity contribution in [3.63, 3.8) is 0 Å². The Hall–Kier alpha value is -2.64. The van der Waals surface area contributed by atoms with E-state index in [1.807, 2.05) is 0 Å². The van der Waals surface area contributed by atoms with E-state index >= 15 is 0 Å². The lowest BCUT2D eigenvalue weighted by Gasteiger charge is -2.35. The fourth-order valence-corrected chi connectivity index (χ4v) is 3.71. The molecule has 6 N–H and O–H groups in total. The third-order valence-corrected chi connectivity index (χ3v) is 5.15. The number of carboxylic acid groups (broad SMARTS) is 2. The Morgan fingerprint density at radius 1 is 1.19 bits per heavy atom. The second kappa shape index (κ2) is 16.1. The van der Waals surface area contributed by atoms with Gasteiger partial charge in [0, 0.05) is 51.4 Å². The summed E-state index contributed by atoms with van der Waals surface area (Å²) in [7, 11) is 0. The molecule has 31 heavy (non-hydrogen) atoms. The monoisotopic (exact) mass is 443 g/mol. The number of H-pyrrole nitrogens is 1. The fraction of sp³-hybridized carbons (Fsp3) is 0.778. The summed E-state index contributed by atoms with van der Waals surface area (Å²) in [5, 5.41) is 30.6. The van der Waals surface area contributed by atoms with Crippen molar-refractivity contribution < 1.29 is 29.3 Å². The van der Waals surface area contributed by atoms with E-state index in [1.54, 1.807) is 0 Å². The van der Waals surface area contributed by atoms with Crippen LogP contribution in [0, 0.1) is 5.92 Å². The van der Waals surface area contributed by atoms with E-state index < -0.39 is 0 Å². The number of aromatic amines is 1. The maximum Gasteiger partial charge on any atom is 0.290 e. The lowest BCUT2D eigenvalue weighted by molar-refractivity contribution is -0.126. The SMILES string of the molecule is N[C@H]1CC[C@@H](C(=O)NCCCc2nn[nH]n2)CN(C2CCOCC2)C1.O=CO.O=CO. The molecule has 0 spiro atoms. The number of amides is 1. The van der Waals surface area contributed by atoms with E-state index in [0.29, 0.717) is 24.8 Å². The molecule has 13 nitrogen and oxygen atoms in total. The number of hydrogen-bond donors (Lipinski definition) is 5. The van der Waals surface area contributed by atoms with Gasteiger partial charge in [-0.3, -0.25) is 19.3 Å². The van der Waals surface area contributed by atoms with Crippen molar-refractivity contribution in [2.24, 2.45) is 11.7 Å². The molecule has 1 aromatic rings. The fourth-order valence-electron chi connectivity index (χ4n) is 3.71. The van der Waals surface area contributed by atoms with Crippen molar-refractivity contribution in [3.05, 3.63) is 5.82 Å². The molecule has 176 valence electrons. The Kier molecular flexibility index (Phi) is 13.7. The van der Waals surface area contributed by atoms with Gasteiger partial charge in [0.25, 0.3) is 12.9 Å². The zero-order chi connectivity index (χ0) is 22.9. The number of carbonyl (C=O) groups excluding carboxylic acids is 1. The van der Waals surface area contributed by atoms with Gasteiger partial charge in [-0.05, 0) is 32.1 Å². The van der Waals surface area contributed by atoms with Crippen LogP contribution in [0.15, 0.2) is 0 Å². The second-order valence-corrected chi connectivity index (χ2v) is 7.27. The summed E-state index contributed by atoms with van der Waals surface area (Å²) in [6.07, 6.45) is 5.34. The first-order valence-electron chi connectivity index (χ1n) is 10.3. The first-order valence-corrected chi connectivity index (χ1v) is 10.3. The molecule has 2 atom stereocenters. The van der Waals surface area contributed by atoms with Crippen molar-refractivity contribution in [1.82, 2.24) is 30.8 Å². The van der Waals surface area contributed by atoms with Crippen LogP contribution in [-0.4, -0.2) is 99.5 Å². The van der Waals surface area contributed by atoms with Gasteiger partial charge in [-0.1, -0.05) is 5.21 Å².